The van der Waals surface area contributed by atoms with Crippen LogP contribution in [0.25, 0.3) is 0 Å². The van der Waals surface area contributed by atoms with Gasteiger partial charge in [0.05, 0.1) is 26.1 Å². The van der Waals surface area contributed by atoms with E-state index in [1.54, 1.807) is 0 Å². The first-order valence-corrected chi connectivity index (χ1v) is 11.8. The predicted molar refractivity (Wildman–Crippen MR) is 110 cm³/mol. The third-order valence-electron chi connectivity index (χ3n) is 7.62. The minimum atomic E-state index is -0.270. The van der Waals surface area contributed by atoms with Gasteiger partial charge < -0.3 is 9.47 Å². The Balaban J connectivity index is 1.28. The van der Waals surface area contributed by atoms with Crippen LogP contribution >= 0.6 is 0 Å². The fourth-order valence-corrected chi connectivity index (χ4v) is 6.43. The van der Waals surface area contributed by atoms with Gasteiger partial charge in [-0.3, -0.25) is 9.59 Å². The largest absolute Gasteiger partial charge is 0.466 e. The molecule has 0 aliphatic heterocycles. The zero-order valence-corrected chi connectivity index (χ0v) is 18.0. The predicted octanol–water partition coefficient (Wildman–Crippen LogP) is 5.68. The normalized spacial score (nSPS) is 31.6. The van der Waals surface area contributed by atoms with Gasteiger partial charge in [-0.05, 0) is 80.5 Å². The van der Waals surface area contributed by atoms with Crippen molar-refractivity contribution in [2.45, 2.75) is 97.3 Å². The third-order valence-corrected chi connectivity index (χ3v) is 7.62. The lowest BCUT2D eigenvalue weighted by atomic mass is 9.49. The molecule has 4 nitrogen and oxygen atoms in total. The quantitative estimate of drug-likeness (QED) is 0.401. The summed E-state index contributed by atoms with van der Waals surface area (Å²) in [4.78, 5) is 24.0. The van der Waals surface area contributed by atoms with Crippen LogP contribution in [-0.2, 0) is 19.1 Å². The van der Waals surface area contributed by atoms with E-state index < -0.39 is 0 Å². The van der Waals surface area contributed by atoms with Crippen LogP contribution < -0.4 is 0 Å². The molecule has 1 atom stereocenters. The molecule has 4 heteroatoms. The van der Waals surface area contributed by atoms with E-state index in [0.717, 1.165) is 37.0 Å². The molecular formula is C24H40O4. The topological polar surface area (TPSA) is 52.6 Å². The van der Waals surface area contributed by atoms with Gasteiger partial charge in [0.25, 0.3) is 0 Å². The first-order valence-electron chi connectivity index (χ1n) is 11.8. The van der Waals surface area contributed by atoms with Gasteiger partial charge >= 0.3 is 11.9 Å². The fraction of sp³-hybridized carbons (Fsp3) is 0.917. The van der Waals surface area contributed by atoms with E-state index in [2.05, 4.69) is 13.8 Å². The lowest BCUT2D eigenvalue weighted by molar-refractivity contribution is -0.152. The van der Waals surface area contributed by atoms with Gasteiger partial charge in [0.15, 0.2) is 0 Å². The molecule has 4 rings (SSSR count). The molecule has 0 radical (unpaired) electrons. The van der Waals surface area contributed by atoms with Gasteiger partial charge in [-0.25, -0.2) is 0 Å². The molecule has 0 N–H and O–H groups in total. The van der Waals surface area contributed by atoms with E-state index in [1.807, 2.05) is 0 Å². The van der Waals surface area contributed by atoms with Crippen LogP contribution in [0.1, 0.15) is 97.3 Å². The first-order chi connectivity index (χ1) is 13.5. The number of hydrogen-bond acceptors (Lipinski definition) is 4. The van der Waals surface area contributed by atoms with Gasteiger partial charge in [0.2, 0.25) is 0 Å². The Hall–Kier alpha value is -1.06. The van der Waals surface area contributed by atoms with Crippen molar-refractivity contribution < 1.29 is 19.1 Å². The SMILES string of the molecule is CCCCC(CC)COC(=O)CCC(=O)OCCC12CC3CC(CC(C3)C1)C2. The molecule has 0 amide bonds. The molecule has 4 aliphatic rings. The zero-order valence-electron chi connectivity index (χ0n) is 18.0. The van der Waals surface area contributed by atoms with Gasteiger partial charge in [0, 0.05) is 0 Å². The third kappa shape index (κ3) is 5.97. The van der Waals surface area contributed by atoms with Gasteiger partial charge in [0.1, 0.15) is 0 Å². The summed E-state index contributed by atoms with van der Waals surface area (Å²) in [5, 5.41) is 0. The molecule has 28 heavy (non-hydrogen) atoms. The lowest BCUT2D eigenvalue weighted by Crippen LogP contribution is -2.46. The molecule has 0 saturated heterocycles. The van der Waals surface area contributed by atoms with E-state index in [-0.39, 0.29) is 24.8 Å². The molecule has 4 fully saturated rings. The van der Waals surface area contributed by atoms with Crippen LogP contribution in [0.2, 0.25) is 0 Å². The second-order valence-electron chi connectivity index (χ2n) is 9.99. The van der Waals surface area contributed by atoms with Crippen molar-refractivity contribution in [2.24, 2.45) is 29.1 Å². The molecule has 0 aromatic heterocycles. The number of carbonyl (C=O) groups excluding carboxylic acids is 2. The van der Waals surface area contributed by atoms with E-state index in [1.165, 1.54) is 51.4 Å². The molecule has 4 bridgehead atoms. The summed E-state index contributed by atoms with van der Waals surface area (Å²) in [5.74, 6) is 2.71. The Morgan fingerprint density at radius 2 is 1.50 bits per heavy atom. The molecule has 4 saturated carbocycles. The maximum absolute atomic E-state index is 12.0. The van der Waals surface area contributed by atoms with Crippen molar-refractivity contribution in [3.8, 4) is 0 Å². The second-order valence-corrected chi connectivity index (χ2v) is 9.99. The minimum Gasteiger partial charge on any atom is -0.466 e. The average molecular weight is 393 g/mol. The van der Waals surface area contributed by atoms with Crippen LogP contribution in [0.3, 0.4) is 0 Å². The van der Waals surface area contributed by atoms with E-state index in [4.69, 9.17) is 9.47 Å². The second kappa shape index (κ2) is 10.1. The molecule has 0 aromatic carbocycles. The number of esters is 2. The summed E-state index contributed by atoms with van der Waals surface area (Å²) in [6, 6.07) is 0. The van der Waals surface area contributed by atoms with E-state index >= 15 is 0 Å². The monoisotopic (exact) mass is 392 g/mol. The Kier molecular flexibility index (Phi) is 7.82. The van der Waals surface area contributed by atoms with Crippen molar-refractivity contribution in [1.29, 1.82) is 0 Å². The lowest BCUT2D eigenvalue weighted by Gasteiger charge is -2.57. The number of rotatable bonds is 12. The Bertz CT molecular complexity index is 491. The maximum Gasteiger partial charge on any atom is 0.306 e. The van der Waals surface area contributed by atoms with Crippen molar-refractivity contribution in [2.75, 3.05) is 13.2 Å². The van der Waals surface area contributed by atoms with Crippen LogP contribution in [-0.4, -0.2) is 25.2 Å². The Morgan fingerprint density at radius 1 is 0.929 bits per heavy atom. The Morgan fingerprint density at radius 3 is 2.04 bits per heavy atom. The van der Waals surface area contributed by atoms with Gasteiger partial charge in [-0.2, -0.15) is 0 Å². The van der Waals surface area contributed by atoms with Gasteiger partial charge in [-0.1, -0.05) is 33.1 Å². The summed E-state index contributed by atoms with van der Waals surface area (Å²) in [5.41, 5.74) is 0.446. The van der Waals surface area contributed by atoms with E-state index in [0.29, 0.717) is 24.5 Å². The maximum atomic E-state index is 12.0. The van der Waals surface area contributed by atoms with Crippen LogP contribution in [0.15, 0.2) is 0 Å². The van der Waals surface area contributed by atoms with Crippen LogP contribution in [0.4, 0.5) is 0 Å². The molecule has 0 aromatic rings. The summed E-state index contributed by atoms with van der Waals surface area (Å²) in [7, 11) is 0. The van der Waals surface area contributed by atoms with Crippen LogP contribution in [0, 0.1) is 29.1 Å². The van der Waals surface area contributed by atoms with Crippen molar-refractivity contribution in [3.05, 3.63) is 0 Å². The molecule has 0 heterocycles. The minimum absolute atomic E-state index is 0.139. The highest BCUT2D eigenvalue weighted by Crippen LogP contribution is 2.61. The molecule has 0 spiro atoms. The average Bonchev–Trinajstić information content (AvgIpc) is 2.65. The summed E-state index contributed by atoms with van der Waals surface area (Å²) in [6.07, 6.45) is 14.1. The Labute approximate surface area is 171 Å². The molecule has 160 valence electrons. The number of ether oxygens (including phenoxy) is 2. The van der Waals surface area contributed by atoms with Crippen molar-refractivity contribution >= 4 is 11.9 Å². The van der Waals surface area contributed by atoms with Crippen LogP contribution in [0.5, 0.6) is 0 Å². The summed E-state index contributed by atoms with van der Waals surface area (Å²) in [6.45, 7) is 5.31. The fourth-order valence-electron chi connectivity index (χ4n) is 6.43. The number of unbranched alkanes of at least 4 members (excludes halogenated alkanes) is 1. The smallest absolute Gasteiger partial charge is 0.306 e. The molecule has 4 aliphatic carbocycles. The van der Waals surface area contributed by atoms with Crippen molar-refractivity contribution in [1.82, 2.24) is 0 Å². The summed E-state index contributed by atoms with van der Waals surface area (Å²) >= 11 is 0. The number of carbonyl (C=O) groups is 2. The molecular weight excluding hydrogens is 352 g/mol. The highest BCUT2D eigenvalue weighted by Gasteiger charge is 2.50. The van der Waals surface area contributed by atoms with E-state index in [9.17, 15) is 9.59 Å². The zero-order chi connectivity index (χ0) is 20.0. The van der Waals surface area contributed by atoms with Crippen molar-refractivity contribution in [3.63, 3.8) is 0 Å². The standard InChI is InChI=1S/C24H40O4/c1-3-5-6-18(4-2)17-28-23(26)8-7-22(25)27-10-9-24-14-19-11-20(15-24)13-21(12-19)16-24/h18-21H,3-17H2,1-2H3. The summed E-state index contributed by atoms with van der Waals surface area (Å²) < 4.78 is 10.8. The van der Waals surface area contributed by atoms with Gasteiger partial charge in [-0.15, -0.1) is 0 Å². The highest BCUT2D eigenvalue weighted by atomic mass is 16.5. The first kappa shape index (κ1) is 21.6. The molecule has 1 unspecified atom stereocenters. The number of hydrogen-bond donors (Lipinski definition) is 0. The highest BCUT2D eigenvalue weighted by molar-refractivity contribution is 5.77.